The summed E-state index contributed by atoms with van der Waals surface area (Å²) in [5, 5.41) is 0. The molecule has 0 radical (unpaired) electrons. The first-order valence-electron chi connectivity index (χ1n) is 16.4. The average Bonchev–Trinajstić information content (AvgIpc) is 3.12. The van der Waals surface area contributed by atoms with Gasteiger partial charge in [-0.25, -0.2) is 9.59 Å². The number of esters is 2. The Balaban J connectivity index is 1.51. The Kier molecular flexibility index (Phi) is 22.1. The molecule has 2 aromatic rings. The van der Waals surface area contributed by atoms with Crippen molar-refractivity contribution in [1.29, 1.82) is 0 Å². The number of benzene rings is 2. The van der Waals surface area contributed by atoms with Gasteiger partial charge in [-0.1, -0.05) is 51.3 Å². The predicted molar refractivity (Wildman–Crippen MR) is 183 cm³/mol. The van der Waals surface area contributed by atoms with Crippen LogP contribution in [0.15, 0.2) is 73.8 Å². The molecule has 2 aromatic carbocycles. The van der Waals surface area contributed by atoms with Crippen molar-refractivity contribution in [1.82, 2.24) is 0 Å². The van der Waals surface area contributed by atoms with E-state index in [2.05, 4.69) is 51.3 Å². The first-order chi connectivity index (χ1) is 23.9. The molecule has 0 bridgehead atoms. The molecule has 0 spiro atoms. The SMILES string of the molecule is C=CC(=O)OCCOCCOCCOCCOc1ccc(C(C)(C)c2ccc(OCCOCCOCCOCCOC(=O)C=C)cc2)cc1. The van der Waals surface area contributed by atoms with Crippen LogP contribution in [-0.2, 0) is 52.9 Å². The number of rotatable bonds is 30. The summed E-state index contributed by atoms with van der Waals surface area (Å²) in [5.74, 6) is 0.635. The Hall–Kier alpha value is -3.78. The highest BCUT2D eigenvalue weighted by Gasteiger charge is 2.23. The van der Waals surface area contributed by atoms with Crippen LogP contribution in [0.2, 0.25) is 0 Å². The van der Waals surface area contributed by atoms with Gasteiger partial charge in [0.2, 0.25) is 0 Å². The third-order valence-electron chi connectivity index (χ3n) is 6.91. The third-order valence-corrected chi connectivity index (χ3v) is 6.91. The zero-order chi connectivity index (χ0) is 35.4. The Morgan fingerprint density at radius 1 is 0.469 bits per heavy atom. The Labute approximate surface area is 290 Å². The fourth-order valence-corrected chi connectivity index (χ4v) is 4.14. The van der Waals surface area contributed by atoms with Crippen molar-refractivity contribution in [3.8, 4) is 11.5 Å². The second-order valence-corrected chi connectivity index (χ2v) is 10.8. The molecule has 0 aliphatic carbocycles. The lowest BCUT2D eigenvalue weighted by molar-refractivity contribution is -0.140. The molecule has 2 rings (SSSR count). The molecular formula is C37H52O12. The minimum Gasteiger partial charge on any atom is -0.491 e. The highest BCUT2D eigenvalue weighted by atomic mass is 16.6. The molecule has 0 aliphatic rings. The largest absolute Gasteiger partial charge is 0.491 e. The van der Waals surface area contributed by atoms with Gasteiger partial charge in [0.05, 0.1) is 79.3 Å². The van der Waals surface area contributed by atoms with Gasteiger partial charge < -0.3 is 47.4 Å². The summed E-state index contributed by atoms with van der Waals surface area (Å²) in [7, 11) is 0. The van der Waals surface area contributed by atoms with Crippen molar-refractivity contribution < 1.29 is 57.0 Å². The summed E-state index contributed by atoms with van der Waals surface area (Å²) in [6.07, 6.45) is 2.23. The van der Waals surface area contributed by atoms with Crippen molar-refractivity contribution in [3.05, 3.63) is 85.0 Å². The summed E-state index contributed by atoms with van der Waals surface area (Å²) in [6, 6.07) is 16.2. The molecule has 0 aromatic heterocycles. The van der Waals surface area contributed by atoms with Crippen LogP contribution in [0, 0.1) is 0 Å². The lowest BCUT2D eigenvalue weighted by Gasteiger charge is -2.26. The molecule has 0 saturated heterocycles. The van der Waals surface area contributed by atoms with Crippen molar-refractivity contribution >= 4 is 11.9 Å². The third kappa shape index (κ3) is 19.1. The van der Waals surface area contributed by atoms with Crippen LogP contribution < -0.4 is 9.47 Å². The normalized spacial score (nSPS) is 11.1. The Bertz CT molecular complexity index is 1090. The van der Waals surface area contributed by atoms with Crippen molar-refractivity contribution in [2.45, 2.75) is 19.3 Å². The van der Waals surface area contributed by atoms with E-state index in [9.17, 15) is 9.59 Å². The molecule has 0 unspecified atom stereocenters. The minimum atomic E-state index is -0.463. The van der Waals surface area contributed by atoms with Crippen LogP contribution >= 0.6 is 0 Å². The second-order valence-electron chi connectivity index (χ2n) is 10.8. The molecule has 0 saturated carbocycles. The zero-order valence-corrected chi connectivity index (χ0v) is 28.9. The predicted octanol–water partition coefficient (Wildman–Crippen LogP) is 4.33. The maximum absolute atomic E-state index is 10.9. The molecule has 12 nitrogen and oxygen atoms in total. The number of hydrogen-bond acceptors (Lipinski definition) is 12. The standard InChI is InChI=1S/C37H52O12/c1-5-35(38)48-29-25-44-21-17-40-15-19-42-23-27-46-33-11-7-31(8-12-33)37(3,4)32-9-13-34(14-10-32)47-28-24-43-20-16-41-18-22-45-26-30-49-36(39)6-2/h5-14H,1-2,15-30H2,3-4H3. The van der Waals surface area contributed by atoms with Crippen LogP contribution in [-0.4, -0.2) is 118 Å². The molecule has 0 amide bonds. The molecular weight excluding hydrogens is 636 g/mol. The van der Waals surface area contributed by atoms with Gasteiger partial charge in [-0.05, 0) is 35.4 Å². The smallest absolute Gasteiger partial charge is 0.330 e. The maximum Gasteiger partial charge on any atom is 0.330 e. The van der Waals surface area contributed by atoms with Gasteiger partial charge in [-0.15, -0.1) is 0 Å². The molecule has 272 valence electrons. The highest BCUT2D eigenvalue weighted by molar-refractivity contribution is 5.81. The second kappa shape index (κ2) is 26.1. The first kappa shape index (κ1) is 41.4. The van der Waals surface area contributed by atoms with Crippen LogP contribution in [0.4, 0.5) is 0 Å². The average molecular weight is 689 g/mol. The summed E-state index contributed by atoms with van der Waals surface area (Å²) in [6.45, 7) is 17.3. The summed E-state index contributed by atoms with van der Waals surface area (Å²) in [4.78, 5) is 21.8. The summed E-state index contributed by atoms with van der Waals surface area (Å²) >= 11 is 0. The lowest BCUT2D eigenvalue weighted by Crippen LogP contribution is -2.19. The van der Waals surface area contributed by atoms with E-state index in [1.165, 1.54) is 11.1 Å². The fourth-order valence-electron chi connectivity index (χ4n) is 4.14. The molecule has 0 N–H and O–H groups in total. The molecule has 49 heavy (non-hydrogen) atoms. The van der Waals surface area contributed by atoms with Crippen molar-refractivity contribution in [2.75, 3.05) is 106 Å². The monoisotopic (exact) mass is 688 g/mol. The quantitative estimate of drug-likeness (QED) is 0.0659. The van der Waals surface area contributed by atoms with Gasteiger partial charge >= 0.3 is 11.9 Å². The molecule has 0 aliphatic heterocycles. The van der Waals surface area contributed by atoms with Gasteiger partial charge in [0, 0.05) is 17.6 Å². The van der Waals surface area contributed by atoms with Crippen LogP contribution in [0.5, 0.6) is 11.5 Å². The highest BCUT2D eigenvalue weighted by Crippen LogP contribution is 2.33. The van der Waals surface area contributed by atoms with Gasteiger partial charge in [0.1, 0.15) is 37.9 Å². The molecule has 0 fully saturated rings. The molecule has 12 heteroatoms. The van der Waals surface area contributed by atoms with Gasteiger partial charge in [0.25, 0.3) is 0 Å². The minimum absolute atomic E-state index is 0.191. The summed E-state index contributed by atoms with van der Waals surface area (Å²) < 4.78 is 53.9. The van der Waals surface area contributed by atoms with Crippen LogP contribution in [0.25, 0.3) is 0 Å². The van der Waals surface area contributed by atoms with Crippen LogP contribution in [0.1, 0.15) is 25.0 Å². The fraction of sp³-hybridized carbons (Fsp3) is 0.514. The van der Waals surface area contributed by atoms with E-state index in [1.54, 1.807) is 0 Å². The van der Waals surface area contributed by atoms with E-state index < -0.39 is 11.9 Å². The van der Waals surface area contributed by atoms with E-state index in [4.69, 9.17) is 47.4 Å². The van der Waals surface area contributed by atoms with E-state index in [1.807, 2.05) is 24.3 Å². The Morgan fingerprint density at radius 2 is 0.735 bits per heavy atom. The van der Waals surface area contributed by atoms with Crippen LogP contribution in [0.3, 0.4) is 0 Å². The Morgan fingerprint density at radius 3 is 1.02 bits per heavy atom. The maximum atomic E-state index is 10.9. The topological polar surface area (TPSA) is 126 Å². The van der Waals surface area contributed by atoms with E-state index >= 15 is 0 Å². The lowest BCUT2D eigenvalue weighted by atomic mass is 9.78. The molecule has 0 heterocycles. The zero-order valence-electron chi connectivity index (χ0n) is 28.9. The summed E-state index contributed by atoms with van der Waals surface area (Å²) in [5.41, 5.74) is 2.12. The number of hydrogen-bond donors (Lipinski definition) is 0. The van der Waals surface area contributed by atoms with Crippen molar-refractivity contribution in [3.63, 3.8) is 0 Å². The van der Waals surface area contributed by atoms with Gasteiger partial charge in [0.15, 0.2) is 0 Å². The first-order valence-corrected chi connectivity index (χ1v) is 16.4. The van der Waals surface area contributed by atoms with Crippen molar-refractivity contribution in [2.24, 2.45) is 0 Å². The number of carbonyl (C=O) groups excluding carboxylic acids is 2. The number of carbonyl (C=O) groups is 2. The van der Waals surface area contributed by atoms with E-state index in [0.717, 1.165) is 23.7 Å². The van der Waals surface area contributed by atoms with E-state index in [-0.39, 0.29) is 18.6 Å². The van der Waals surface area contributed by atoms with Gasteiger partial charge in [-0.2, -0.15) is 0 Å². The van der Waals surface area contributed by atoms with E-state index in [0.29, 0.717) is 92.5 Å². The number of ether oxygens (including phenoxy) is 10. The molecule has 0 atom stereocenters. The van der Waals surface area contributed by atoms with Gasteiger partial charge in [-0.3, -0.25) is 0 Å².